The third-order valence-electron chi connectivity index (χ3n) is 5.99. The second-order valence-electron chi connectivity index (χ2n) is 8.18. The molecule has 0 saturated carbocycles. The largest absolute Gasteiger partial charge is 0.481 e. The molecule has 1 unspecified atom stereocenters. The molecule has 0 radical (unpaired) electrons. The van der Waals surface area contributed by atoms with Gasteiger partial charge in [-0.05, 0) is 28.7 Å². The second kappa shape index (κ2) is 10.2. The number of aliphatic carboxylic acids is 1. The second-order valence-corrected chi connectivity index (χ2v) is 8.18. The molecule has 1 heterocycles. The van der Waals surface area contributed by atoms with Crippen LogP contribution in [0.1, 0.15) is 35.7 Å². The van der Waals surface area contributed by atoms with Crippen molar-refractivity contribution in [2.24, 2.45) is 7.05 Å². The SMILES string of the molecule is Cn1c(CNC(=O)C(CCC(=O)O)NC(=O)OCC2c3ccccc3-c3ccccc32)n[nH]c1=O. The van der Waals surface area contributed by atoms with Gasteiger partial charge in [-0.3, -0.25) is 14.2 Å². The molecule has 1 aliphatic rings. The van der Waals surface area contributed by atoms with Crippen LogP contribution >= 0.6 is 0 Å². The zero-order chi connectivity index (χ0) is 24.9. The summed E-state index contributed by atoms with van der Waals surface area (Å²) in [5.74, 6) is -1.59. The lowest BCUT2D eigenvalue weighted by Gasteiger charge is -2.19. The maximum Gasteiger partial charge on any atom is 0.407 e. The number of alkyl carbamates (subject to hydrolysis) is 1. The number of carbonyl (C=O) groups is 3. The number of carbonyl (C=O) groups excluding carboxylic acids is 2. The van der Waals surface area contributed by atoms with E-state index in [1.165, 1.54) is 11.6 Å². The molecule has 11 heteroatoms. The van der Waals surface area contributed by atoms with E-state index < -0.39 is 29.7 Å². The van der Waals surface area contributed by atoms with Gasteiger partial charge in [-0.25, -0.2) is 14.7 Å². The number of aromatic amines is 1. The predicted octanol–water partition coefficient (Wildman–Crippen LogP) is 1.50. The number of ether oxygens (including phenoxy) is 1. The van der Waals surface area contributed by atoms with E-state index in [1.54, 1.807) is 0 Å². The number of carboxylic acids is 1. The number of fused-ring (bicyclic) bond motifs is 3. The monoisotopic (exact) mass is 479 g/mol. The van der Waals surface area contributed by atoms with Gasteiger partial charge >= 0.3 is 17.8 Å². The van der Waals surface area contributed by atoms with E-state index >= 15 is 0 Å². The first-order valence-electron chi connectivity index (χ1n) is 11.1. The average molecular weight is 479 g/mol. The number of hydrogen-bond acceptors (Lipinski definition) is 6. The van der Waals surface area contributed by atoms with E-state index in [2.05, 4.69) is 20.8 Å². The van der Waals surface area contributed by atoms with E-state index in [9.17, 15) is 19.2 Å². The fraction of sp³-hybridized carbons (Fsp3) is 0.292. The summed E-state index contributed by atoms with van der Waals surface area (Å²) >= 11 is 0. The first-order valence-corrected chi connectivity index (χ1v) is 11.1. The van der Waals surface area contributed by atoms with E-state index in [0.717, 1.165) is 22.3 Å². The molecule has 4 N–H and O–H groups in total. The summed E-state index contributed by atoms with van der Waals surface area (Å²) in [5, 5.41) is 20.1. The summed E-state index contributed by atoms with van der Waals surface area (Å²) in [6.45, 7) is -0.0213. The van der Waals surface area contributed by atoms with Crippen LogP contribution in [0.2, 0.25) is 0 Å². The minimum Gasteiger partial charge on any atom is -0.481 e. The molecule has 0 spiro atoms. The van der Waals surface area contributed by atoms with Crippen LogP contribution in [0.4, 0.5) is 4.79 Å². The van der Waals surface area contributed by atoms with Crippen molar-refractivity contribution in [2.45, 2.75) is 31.3 Å². The number of amides is 2. The fourth-order valence-electron chi connectivity index (χ4n) is 4.15. The highest BCUT2D eigenvalue weighted by Crippen LogP contribution is 2.44. The molecule has 1 aliphatic carbocycles. The van der Waals surface area contributed by atoms with Crippen LogP contribution in [0.25, 0.3) is 11.1 Å². The molecule has 0 saturated heterocycles. The molecular weight excluding hydrogens is 454 g/mol. The smallest absolute Gasteiger partial charge is 0.407 e. The fourth-order valence-corrected chi connectivity index (χ4v) is 4.15. The molecule has 0 fully saturated rings. The first-order chi connectivity index (χ1) is 16.8. The van der Waals surface area contributed by atoms with Crippen molar-refractivity contribution in [3.05, 3.63) is 76.0 Å². The molecule has 11 nitrogen and oxygen atoms in total. The van der Waals surface area contributed by atoms with E-state index in [-0.39, 0.29) is 37.7 Å². The lowest BCUT2D eigenvalue weighted by Crippen LogP contribution is -2.47. The van der Waals surface area contributed by atoms with Crippen molar-refractivity contribution in [1.29, 1.82) is 0 Å². The molecule has 2 aromatic carbocycles. The topological polar surface area (TPSA) is 155 Å². The Hall–Kier alpha value is -4.41. The highest BCUT2D eigenvalue weighted by molar-refractivity contribution is 5.86. The predicted molar refractivity (Wildman–Crippen MR) is 125 cm³/mol. The lowest BCUT2D eigenvalue weighted by atomic mass is 9.98. The molecule has 182 valence electrons. The molecule has 4 rings (SSSR count). The Morgan fingerprint density at radius 1 is 1.11 bits per heavy atom. The summed E-state index contributed by atoms with van der Waals surface area (Å²) in [6.07, 6.45) is -1.29. The number of H-pyrrole nitrogens is 1. The van der Waals surface area contributed by atoms with Gasteiger partial charge in [0.15, 0.2) is 5.82 Å². The quantitative estimate of drug-likeness (QED) is 0.362. The summed E-state index contributed by atoms with van der Waals surface area (Å²) in [5.41, 5.74) is 3.83. The van der Waals surface area contributed by atoms with Gasteiger partial charge in [-0.15, -0.1) is 0 Å². The Morgan fingerprint density at radius 3 is 2.31 bits per heavy atom. The Kier molecular flexibility index (Phi) is 6.95. The van der Waals surface area contributed by atoms with Crippen LogP contribution in [0.3, 0.4) is 0 Å². The number of hydrogen-bond donors (Lipinski definition) is 4. The summed E-state index contributed by atoms with van der Waals surface area (Å²) in [4.78, 5) is 47.8. The van der Waals surface area contributed by atoms with Crippen LogP contribution in [0.15, 0.2) is 53.3 Å². The van der Waals surface area contributed by atoms with Gasteiger partial charge in [-0.2, -0.15) is 5.10 Å². The minimum atomic E-state index is -1.14. The van der Waals surface area contributed by atoms with Crippen molar-refractivity contribution in [1.82, 2.24) is 25.4 Å². The van der Waals surface area contributed by atoms with Crippen molar-refractivity contribution in [2.75, 3.05) is 6.61 Å². The Bertz CT molecular complexity index is 1270. The zero-order valence-electron chi connectivity index (χ0n) is 19.0. The number of rotatable bonds is 9. The molecule has 2 amide bonds. The van der Waals surface area contributed by atoms with Gasteiger partial charge in [0.05, 0.1) is 6.54 Å². The lowest BCUT2D eigenvalue weighted by molar-refractivity contribution is -0.137. The van der Waals surface area contributed by atoms with Crippen LogP contribution < -0.4 is 16.3 Å². The molecule has 3 aromatic rings. The number of nitrogens with one attached hydrogen (secondary N) is 3. The standard InChI is InChI=1S/C24H25N5O6/c1-29-20(27-28-23(29)33)12-25-22(32)19(10-11-21(30)31)26-24(34)35-13-18-16-8-4-2-6-14(16)15-7-3-5-9-17(15)18/h2-9,18-19H,10-13H2,1H3,(H,25,32)(H,26,34)(H,28,33)(H,30,31). The first kappa shape index (κ1) is 23.7. The molecular formula is C24H25N5O6. The van der Waals surface area contributed by atoms with Crippen LogP contribution in [0, 0.1) is 0 Å². The number of nitrogens with zero attached hydrogens (tertiary/aromatic N) is 2. The third kappa shape index (κ3) is 5.24. The van der Waals surface area contributed by atoms with Gasteiger partial charge in [0.1, 0.15) is 12.6 Å². The van der Waals surface area contributed by atoms with Gasteiger partial charge in [0.2, 0.25) is 5.91 Å². The molecule has 35 heavy (non-hydrogen) atoms. The summed E-state index contributed by atoms with van der Waals surface area (Å²) in [7, 11) is 1.49. The van der Waals surface area contributed by atoms with Crippen LogP contribution in [-0.2, 0) is 27.9 Å². The van der Waals surface area contributed by atoms with Crippen LogP contribution in [-0.4, -0.2) is 50.5 Å². The Balaban J connectivity index is 1.40. The molecule has 1 atom stereocenters. The molecule has 0 bridgehead atoms. The maximum absolute atomic E-state index is 12.7. The van der Waals surface area contributed by atoms with Crippen molar-refractivity contribution in [3.63, 3.8) is 0 Å². The maximum atomic E-state index is 12.7. The van der Waals surface area contributed by atoms with Gasteiger partial charge < -0.3 is 20.5 Å². The number of carboxylic acid groups (broad SMARTS) is 1. The van der Waals surface area contributed by atoms with Gasteiger partial charge in [0.25, 0.3) is 0 Å². The van der Waals surface area contributed by atoms with Crippen LogP contribution in [0.5, 0.6) is 0 Å². The van der Waals surface area contributed by atoms with Gasteiger partial charge in [-0.1, -0.05) is 48.5 Å². The average Bonchev–Trinajstić information content (AvgIpc) is 3.35. The Morgan fingerprint density at radius 2 is 1.74 bits per heavy atom. The normalized spacial score (nSPS) is 12.9. The third-order valence-corrected chi connectivity index (χ3v) is 5.99. The zero-order valence-corrected chi connectivity index (χ0v) is 19.0. The van der Waals surface area contributed by atoms with Crippen molar-refractivity contribution in [3.8, 4) is 11.1 Å². The highest BCUT2D eigenvalue weighted by Gasteiger charge is 2.30. The summed E-state index contributed by atoms with van der Waals surface area (Å²) in [6, 6.07) is 14.7. The van der Waals surface area contributed by atoms with E-state index in [4.69, 9.17) is 9.84 Å². The number of aromatic nitrogens is 3. The van der Waals surface area contributed by atoms with Crippen molar-refractivity contribution < 1.29 is 24.2 Å². The van der Waals surface area contributed by atoms with E-state index in [1.807, 2.05) is 48.5 Å². The minimum absolute atomic E-state index is 0.0580. The number of benzene rings is 2. The summed E-state index contributed by atoms with van der Waals surface area (Å²) < 4.78 is 6.70. The van der Waals surface area contributed by atoms with Gasteiger partial charge in [0, 0.05) is 19.4 Å². The highest BCUT2D eigenvalue weighted by atomic mass is 16.5. The van der Waals surface area contributed by atoms with E-state index in [0.29, 0.717) is 0 Å². The molecule has 0 aliphatic heterocycles. The van der Waals surface area contributed by atoms with Crippen molar-refractivity contribution >= 4 is 18.0 Å². The Labute approximate surface area is 200 Å². The molecule has 1 aromatic heterocycles.